The Hall–Kier alpha value is -1.59. The molecule has 0 aromatic carbocycles. The van der Waals surface area contributed by atoms with Gasteiger partial charge >= 0.3 is 17.9 Å². The fourth-order valence-corrected chi connectivity index (χ4v) is 8.04. The molecule has 59 heavy (non-hydrogen) atoms. The molecule has 0 aliphatic carbocycles. The van der Waals surface area contributed by atoms with Crippen LogP contribution in [0.15, 0.2) is 0 Å². The number of hydrogen-bond donors (Lipinski definition) is 0. The van der Waals surface area contributed by atoms with Gasteiger partial charge in [-0.1, -0.05) is 259 Å². The van der Waals surface area contributed by atoms with Gasteiger partial charge in [-0.15, -0.1) is 0 Å². The van der Waals surface area contributed by atoms with Gasteiger partial charge in [0.25, 0.3) is 0 Å². The molecule has 0 saturated heterocycles. The maximum Gasteiger partial charge on any atom is 0.306 e. The lowest BCUT2D eigenvalue weighted by Crippen LogP contribution is -2.30. The molecule has 0 heterocycles. The minimum atomic E-state index is -0.760. The van der Waals surface area contributed by atoms with Gasteiger partial charge in [0.2, 0.25) is 0 Å². The van der Waals surface area contributed by atoms with E-state index in [1.165, 1.54) is 193 Å². The van der Waals surface area contributed by atoms with E-state index in [0.29, 0.717) is 19.3 Å². The highest BCUT2D eigenvalue weighted by atomic mass is 16.6. The zero-order valence-electron chi connectivity index (χ0n) is 40.2. The SMILES string of the molecule is CCCCCCCCCCCCCCCCCCC(=O)OC[C@H](COC(=O)CCCCCCCCCCCCCC(C)C)OC(=O)CCCCCCCCCCCCC. The third-order valence-electron chi connectivity index (χ3n) is 12.0. The highest BCUT2D eigenvalue weighted by molar-refractivity contribution is 5.71. The van der Waals surface area contributed by atoms with E-state index in [1.54, 1.807) is 0 Å². The summed E-state index contributed by atoms with van der Waals surface area (Å²) in [4.78, 5) is 37.9. The normalized spacial score (nSPS) is 11.9. The number of esters is 3. The fourth-order valence-electron chi connectivity index (χ4n) is 8.04. The third-order valence-corrected chi connectivity index (χ3v) is 12.0. The standard InChI is InChI=1S/C53H102O6/c1-5-7-9-11-13-15-17-18-19-20-21-25-28-32-36-40-44-51(54)57-47-50(59-53(56)46-42-38-34-30-23-16-14-12-10-8-6-2)48-58-52(55)45-41-37-33-29-26-22-24-27-31-35-39-43-49(3)4/h49-50H,5-48H2,1-4H3/t50-/m1/s1. The lowest BCUT2D eigenvalue weighted by molar-refractivity contribution is -0.167. The van der Waals surface area contributed by atoms with Crippen molar-refractivity contribution < 1.29 is 28.6 Å². The summed E-state index contributed by atoms with van der Waals surface area (Å²) in [6.45, 7) is 9.02. The van der Waals surface area contributed by atoms with Crippen molar-refractivity contribution in [1.29, 1.82) is 0 Å². The molecule has 0 amide bonds. The Labute approximate surface area is 368 Å². The van der Waals surface area contributed by atoms with Crippen molar-refractivity contribution in [2.75, 3.05) is 13.2 Å². The smallest absolute Gasteiger partial charge is 0.306 e. The van der Waals surface area contributed by atoms with E-state index >= 15 is 0 Å². The summed E-state index contributed by atoms with van der Waals surface area (Å²) < 4.78 is 16.8. The molecule has 0 fully saturated rings. The van der Waals surface area contributed by atoms with E-state index in [1.807, 2.05) is 0 Å². The van der Waals surface area contributed by atoms with E-state index in [4.69, 9.17) is 14.2 Å². The van der Waals surface area contributed by atoms with Gasteiger partial charge in [0.05, 0.1) is 0 Å². The Kier molecular flexibility index (Phi) is 46.2. The van der Waals surface area contributed by atoms with Crippen LogP contribution in [-0.4, -0.2) is 37.2 Å². The highest BCUT2D eigenvalue weighted by Crippen LogP contribution is 2.17. The van der Waals surface area contributed by atoms with Gasteiger partial charge < -0.3 is 14.2 Å². The van der Waals surface area contributed by atoms with E-state index in [2.05, 4.69) is 27.7 Å². The van der Waals surface area contributed by atoms with Crippen molar-refractivity contribution in [3.63, 3.8) is 0 Å². The molecule has 6 heteroatoms. The molecule has 0 aliphatic heterocycles. The molecule has 0 aliphatic rings. The average Bonchev–Trinajstić information content (AvgIpc) is 3.22. The molecular weight excluding hydrogens is 733 g/mol. The summed E-state index contributed by atoms with van der Waals surface area (Å²) in [7, 11) is 0. The summed E-state index contributed by atoms with van der Waals surface area (Å²) in [5.74, 6) is -0.0167. The largest absolute Gasteiger partial charge is 0.462 e. The number of carbonyl (C=O) groups excluding carboxylic acids is 3. The summed E-state index contributed by atoms with van der Waals surface area (Å²) in [6, 6.07) is 0. The molecule has 0 radical (unpaired) electrons. The first-order valence-electron chi connectivity index (χ1n) is 26.4. The number of ether oxygens (including phenoxy) is 3. The lowest BCUT2D eigenvalue weighted by atomic mass is 10.0. The van der Waals surface area contributed by atoms with Crippen LogP contribution in [0.3, 0.4) is 0 Å². The quantitative estimate of drug-likeness (QED) is 0.0345. The van der Waals surface area contributed by atoms with E-state index in [9.17, 15) is 14.4 Å². The van der Waals surface area contributed by atoms with Crippen LogP contribution in [0, 0.1) is 5.92 Å². The Morgan fingerprint density at radius 3 is 0.831 bits per heavy atom. The second-order valence-corrected chi connectivity index (χ2v) is 18.6. The van der Waals surface area contributed by atoms with Crippen LogP contribution >= 0.6 is 0 Å². The molecule has 0 spiro atoms. The second kappa shape index (κ2) is 47.5. The van der Waals surface area contributed by atoms with Crippen molar-refractivity contribution >= 4 is 17.9 Å². The zero-order chi connectivity index (χ0) is 43.1. The minimum absolute atomic E-state index is 0.0626. The predicted octanol–water partition coefficient (Wildman–Crippen LogP) is 17.1. The monoisotopic (exact) mass is 835 g/mol. The molecule has 350 valence electrons. The number of carbonyl (C=O) groups is 3. The van der Waals surface area contributed by atoms with Crippen molar-refractivity contribution in [1.82, 2.24) is 0 Å². The van der Waals surface area contributed by atoms with Crippen LogP contribution in [0.2, 0.25) is 0 Å². The van der Waals surface area contributed by atoms with Crippen molar-refractivity contribution in [2.45, 2.75) is 303 Å². The Balaban J connectivity index is 4.28. The molecule has 0 N–H and O–H groups in total. The number of unbranched alkanes of at least 4 members (excludes halogenated alkanes) is 35. The van der Waals surface area contributed by atoms with Gasteiger partial charge in [-0.2, -0.15) is 0 Å². The Morgan fingerprint density at radius 2 is 0.559 bits per heavy atom. The number of hydrogen-bond acceptors (Lipinski definition) is 6. The minimum Gasteiger partial charge on any atom is -0.462 e. The Morgan fingerprint density at radius 1 is 0.322 bits per heavy atom. The van der Waals surface area contributed by atoms with Gasteiger partial charge in [0.1, 0.15) is 13.2 Å². The van der Waals surface area contributed by atoms with Crippen molar-refractivity contribution in [3.05, 3.63) is 0 Å². The molecule has 1 atom stereocenters. The highest BCUT2D eigenvalue weighted by Gasteiger charge is 2.19. The summed E-state index contributed by atoms with van der Waals surface area (Å²) in [6.07, 6.45) is 49.4. The van der Waals surface area contributed by atoms with Crippen molar-refractivity contribution in [2.24, 2.45) is 5.92 Å². The van der Waals surface area contributed by atoms with Gasteiger partial charge in [0.15, 0.2) is 6.10 Å². The maximum atomic E-state index is 12.8. The van der Waals surface area contributed by atoms with Gasteiger partial charge in [-0.05, 0) is 25.2 Å². The van der Waals surface area contributed by atoms with Gasteiger partial charge in [0, 0.05) is 19.3 Å². The van der Waals surface area contributed by atoms with Crippen LogP contribution in [0.4, 0.5) is 0 Å². The van der Waals surface area contributed by atoms with Crippen LogP contribution in [0.1, 0.15) is 297 Å². The fraction of sp³-hybridized carbons (Fsp3) is 0.943. The van der Waals surface area contributed by atoms with Crippen molar-refractivity contribution in [3.8, 4) is 0 Å². The molecule has 0 aromatic rings. The molecule has 0 bridgehead atoms. The van der Waals surface area contributed by atoms with E-state index in [-0.39, 0.29) is 31.1 Å². The third kappa shape index (κ3) is 47.3. The lowest BCUT2D eigenvalue weighted by Gasteiger charge is -2.18. The summed E-state index contributed by atoms with van der Waals surface area (Å²) in [5, 5.41) is 0. The first-order valence-corrected chi connectivity index (χ1v) is 26.4. The summed E-state index contributed by atoms with van der Waals surface area (Å²) in [5.41, 5.74) is 0. The van der Waals surface area contributed by atoms with Crippen LogP contribution < -0.4 is 0 Å². The molecular formula is C53H102O6. The summed E-state index contributed by atoms with van der Waals surface area (Å²) >= 11 is 0. The zero-order valence-corrected chi connectivity index (χ0v) is 40.2. The van der Waals surface area contributed by atoms with Gasteiger partial charge in [-0.25, -0.2) is 0 Å². The molecule has 0 aromatic heterocycles. The first kappa shape index (κ1) is 57.4. The maximum absolute atomic E-state index is 12.8. The molecule has 0 rings (SSSR count). The van der Waals surface area contributed by atoms with Crippen LogP contribution in [0.5, 0.6) is 0 Å². The molecule has 6 nitrogen and oxygen atoms in total. The van der Waals surface area contributed by atoms with Crippen LogP contribution in [0.25, 0.3) is 0 Å². The number of rotatable bonds is 48. The second-order valence-electron chi connectivity index (χ2n) is 18.6. The van der Waals surface area contributed by atoms with E-state index < -0.39 is 6.10 Å². The van der Waals surface area contributed by atoms with Crippen LogP contribution in [-0.2, 0) is 28.6 Å². The molecule has 0 unspecified atom stereocenters. The van der Waals surface area contributed by atoms with Gasteiger partial charge in [-0.3, -0.25) is 14.4 Å². The average molecular weight is 835 g/mol. The topological polar surface area (TPSA) is 78.9 Å². The van der Waals surface area contributed by atoms with E-state index in [0.717, 1.165) is 63.7 Å². The first-order chi connectivity index (χ1) is 28.9. The molecule has 0 saturated carbocycles. The predicted molar refractivity (Wildman–Crippen MR) is 252 cm³/mol. The Bertz CT molecular complexity index is 887.